The minimum Gasteiger partial charge on any atom is -0.431 e. The molecule has 2 fully saturated rings. The minimum absolute atomic E-state index is 0.00848. The fourth-order valence-corrected chi connectivity index (χ4v) is 5.04. The highest BCUT2D eigenvalue weighted by atomic mass is 16.4. The Morgan fingerprint density at radius 2 is 1.85 bits per heavy atom. The van der Waals surface area contributed by atoms with E-state index in [1.807, 2.05) is 42.2 Å². The van der Waals surface area contributed by atoms with Crippen LogP contribution in [-0.4, -0.2) is 56.5 Å². The number of rotatable bonds is 4. The molecule has 4 heterocycles. The molecule has 6 rings (SSSR count). The highest BCUT2D eigenvalue weighted by Crippen LogP contribution is 2.37. The van der Waals surface area contributed by atoms with Crippen molar-refractivity contribution in [3.63, 3.8) is 0 Å². The molecule has 2 aromatic heterocycles. The average molecular weight is 455 g/mol. The molecule has 2 aromatic carbocycles. The number of carbonyl (C=O) groups excluding carboxylic acids is 1. The molecule has 0 N–H and O–H groups in total. The molecule has 0 unspecified atom stereocenters. The van der Waals surface area contributed by atoms with Crippen LogP contribution in [0.15, 0.2) is 65.5 Å². The summed E-state index contributed by atoms with van der Waals surface area (Å²) in [6.45, 7) is 6.36. The topological polar surface area (TPSA) is 80.3 Å². The number of likely N-dealkylation sites (tertiary alicyclic amines) is 1. The SMILES string of the molecule is Cc1cccc(-c2coc(N3C[C@@H]4CCN(C(=O)c5cc(C)ccc5-n5nccn5)C[C@@H]43)n2)c1. The monoisotopic (exact) mass is 454 g/mol. The van der Waals surface area contributed by atoms with Gasteiger partial charge < -0.3 is 14.2 Å². The molecular weight excluding hydrogens is 428 g/mol. The van der Waals surface area contributed by atoms with Gasteiger partial charge in [0.25, 0.3) is 11.9 Å². The van der Waals surface area contributed by atoms with Gasteiger partial charge in [-0.3, -0.25) is 4.79 Å². The summed E-state index contributed by atoms with van der Waals surface area (Å²) >= 11 is 0. The van der Waals surface area contributed by atoms with Gasteiger partial charge in [-0.25, -0.2) is 0 Å². The predicted octanol–water partition coefficient (Wildman–Crippen LogP) is 3.89. The van der Waals surface area contributed by atoms with Crippen molar-refractivity contribution in [3.05, 3.63) is 77.8 Å². The largest absolute Gasteiger partial charge is 0.431 e. The van der Waals surface area contributed by atoms with E-state index in [9.17, 15) is 4.79 Å². The molecule has 0 radical (unpaired) electrons. The van der Waals surface area contributed by atoms with Crippen molar-refractivity contribution in [2.45, 2.75) is 26.3 Å². The molecule has 2 aliphatic rings. The van der Waals surface area contributed by atoms with Gasteiger partial charge in [0.05, 0.1) is 29.7 Å². The zero-order chi connectivity index (χ0) is 23.2. The third kappa shape index (κ3) is 3.55. The Kier molecular flexibility index (Phi) is 4.94. The lowest BCUT2D eigenvalue weighted by Crippen LogP contribution is -2.65. The number of piperidine rings is 1. The molecule has 1 amide bonds. The number of benzene rings is 2. The number of amides is 1. The van der Waals surface area contributed by atoms with Crippen molar-refractivity contribution >= 4 is 11.9 Å². The molecule has 8 heteroatoms. The summed E-state index contributed by atoms with van der Waals surface area (Å²) in [6, 6.07) is 14.9. The van der Waals surface area contributed by atoms with Crippen LogP contribution in [0.2, 0.25) is 0 Å². The zero-order valence-electron chi connectivity index (χ0n) is 19.3. The molecule has 0 saturated carbocycles. The van der Waals surface area contributed by atoms with Crippen molar-refractivity contribution in [2.75, 3.05) is 24.5 Å². The quantitative estimate of drug-likeness (QED) is 0.465. The molecule has 0 bridgehead atoms. The lowest BCUT2D eigenvalue weighted by molar-refractivity contribution is 0.0582. The van der Waals surface area contributed by atoms with Gasteiger partial charge in [-0.1, -0.05) is 35.4 Å². The Bertz CT molecular complexity index is 1350. The van der Waals surface area contributed by atoms with Gasteiger partial charge in [0, 0.05) is 31.1 Å². The van der Waals surface area contributed by atoms with Crippen LogP contribution >= 0.6 is 0 Å². The normalized spacial score (nSPS) is 19.6. The summed E-state index contributed by atoms with van der Waals surface area (Å²) in [4.78, 5) is 24.0. The van der Waals surface area contributed by atoms with E-state index in [0.717, 1.165) is 36.3 Å². The predicted molar refractivity (Wildman–Crippen MR) is 128 cm³/mol. The maximum atomic E-state index is 13.6. The van der Waals surface area contributed by atoms with E-state index in [1.165, 1.54) is 10.4 Å². The van der Waals surface area contributed by atoms with Crippen molar-refractivity contribution in [1.29, 1.82) is 0 Å². The summed E-state index contributed by atoms with van der Waals surface area (Å²) in [5.74, 6) is 0.553. The third-order valence-corrected chi connectivity index (χ3v) is 6.91. The van der Waals surface area contributed by atoms with Gasteiger partial charge in [-0.15, -0.1) is 0 Å². The van der Waals surface area contributed by atoms with Crippen LogP contribution < -0.4 is 4.90 Å². The van der Waals surface area contributed by atoms with E-state index in [-0.39, 0.29) is 11.9 Å². The minimum atomic E-state index is 0.00848. The number of anilines is 1. The number of hydrogen-bond donors (Lipinski definition) is 0. The number of aromatic nitrogens is 4. The number of nitrogens with zero attached hydrogens (tertiary/aromatic N) is 6. The van der Waals surface area contributed by atoms with Gasteiger partial charge in [-0.05, 0) is 38.5 Å². The number of carbonyl (C=O) groups is 1. The molecule has 172 valence electrons. The fourth-order valence-electron chi connectivity index (χ4n) is 5.04. The van der Waals surface area contributed by atoms with E-state index in [1.54, 1.807) is 18.7 Å². The Balaban J connectivity index is 1.22. The van der Waals surface area contributed by atoms with Gasteiger partial charge in [0.15, 0.2) is 0 Å². The first-order valence-electron chi connectivity index (χ1n) is 11.6. The van der Waals surface area contributed by atoms with Gasteiger partial charge in [0.1, 0.15) is 12.0 Å². The van der Waals surface area contributed by atoms with E-state index in [0.29, 0.717) is 29.7 Å². The molecular formula is C26H26N6O2. The lowest BCUT2D eigenvalue weighted by Gasteiger charge is -2.52. The number of aryl methyl sites for hydroxylation is 2. The molecule has 0 spiro atoms. The standard InChI is InChI=1S/C26H26N6O2/c1-17-4-3-5-19(12-17)22-16-34-26(29-22)31-14-20-8-11-30(15-24(20)31)25(33)21-13-18(2)6-7-23(21)32-27-9-10-28-32/h3-7,9-10,12-13,16,20,24H,8,11,14-15H2,1-2H3/t20-,24-/m0/s1. The van der Waals surface area contributed by atoms with E-state index >= 15 is 0 Å². The second-order valence-corrected chi connectivity index (χ2v) is 9.24. The highest BCUT2D eigenvalue weighted by molar-refractivity contribution is 5.98. The van der Waals surface area contributed by atoms with Crippen molar-refractivity contribution in [3.8, 4) is 16.9 Å². The lowest BCUT2D eigenvalue weighted by atomic mass is 9.82. The van der Waals surface area contributed by atoms with Gasteiger partial charge in [-0.2, -0.15) is 20.0 Å². The maximum Gasteiger partial charge on any atom is 0.298 e. The Labute approximate surface area is 197 Å². The van der Waals surface area contributed by atoms with Crippen LogP contribution in [0, 0.1) is 19.8 Å². The van der Waals surface area contributed by atoms with Crippen LogP contribution in [0.3, 0.4) is 0 Å². The van der Waals surface area contributed by atoms with E-state index in [4.69, 9.17) is 9.40 Å². The summed E-state index contributed by atoms with van der Waals surface area (Å²) in [6.07, 6.45) is 5.93. The molecule has 2 atom stereocenters. The Morgan fingerprint density at radius 3 is 2.68 bits per heavy atom. The molecule has 4 aromatic rings. The van der Waals surface area contributed by atoms with Gasteiger partial charge >= 0.3 is 0 Å². The van der Waals surface area contributed by atoms with Crippen LogP contribution in [0.4, 0.5) is 6.01 Å². The first-order chi connectivity index (χ1) is 16.6. The smallest absolute Gasteiger partial charge is 0.298 e. The van der Waals surface area contributed by atoms with Crippen LogP contribution in [-0.2, 0) is 0 Å². The summed E-state index contributed by atoms with van der Waals surface area (Å²) < 4.78 is 5.87. The average Bonchev–Trinajstić information content (AvgIpc) is 3.52. The second-order valence-electron chi connectivity index (χ2n) is 9.24. The molecule has 0 aliphatic carbocycles. The molecule has 2 aliphatic heterocycles. The number of fused-ring (bicyclic) bond motifs is 1. The maximum absolute atomic E-state index is 13.6. The van der Waals surface area contributed by atoms with Crippen molar-refractivity contribution < 1.29 is 9.21 Å². The summed E-state index contributed by atoms with van der Waals surface area (Å²) in [5, 5.41) is 8.47. The fraction of sp³-hybridized carbons (Fsp3) is 0.308. The number of hydrogen-bond acceptors (Lipinski definition) is 6. The Morgan fingerprint density at radius 1 is 1.03 bits per heavy atom. The number of oxazole rings is 1. The van der Waals surface area contributed by atoms with E-state index < -0.39 is 0 Å². The second kappa shape index (κ2) is 8.13. The first kappa shape index (κ1) is 20.7. The van der Waals surface area contributed by atoms with Crippen LogP contribution in [0.1, 0.15) is 27.9 Å². The summed E-state index contributed by atoms with van der Waals surface area (Å²) in [5.41, 5.74) is 5.42. The van der Waals surface area contributed by atoms with Crippen molar-refractivity contribution in [1.82, 2.24) is 24.9 Å². The Hall–Kier alpha value is -3.94. The highest BCUT2D eigenvalue weighted by Gasteiger charge is 2.45. The van der Waals surface area contributed by atoms with Gasteiger partial charge in [0.2, 0.25) is 0 Å². The molecule has 34 heavy (non-hydrogen) atoms. The van der Waals surface area contributed by atoms with E-state index in [2.05, 4.69) is 34.2 Å². The van der Waals surface area contributed by atoms with Crippen molar-refractivity contribution in [2.24, 2.45) is 5.92 Å². The third-order valence-electron chi connectivity index (χ3n) is 6.91. The zero-order valence-corrected chi connectivity index (χ0v) is 19.3. The van der Waals surface area contributed by atoms with Crippen LogP contribution in [0.25, 0.3) is 16.9 Å². The van der Waals surface area contributed by atoms with Crippen LogP contribution in [0.5, 0.6) is 0 Å². The summed E-state index contributed by atoms with van der Waals surface area (Å²) in [7, 11) is 0. The molecule has 8 nitrogen and oxygen atoms in total. The molecule has 2 saturated heterocycles. The first-order valence-corrected chi connectivity index (χ1v) is 11.6.